The lowest BCUT2D eigenvalue weighted by Crippen LogP contribution is -2.36. The predicted octanol–water partition coefficient (Wildman–Crippen LogP) is 2.85. The number of pyridine rings is 1. The van der Waals surface area contributed by atoms with Gasteiger partial charge >= 0.3 is 0 Å². The number of hydrogen-bond acceptors (Lipinski definition) is 4. The number of nitrogens with zero attached hydrogens (tertiary/aromatic N) is 3. The highest BCUT2D eigenvalue weighted by molar-refractivity contribution is 5.94. The topological polar surface area (TPSA) is 60.2 Å². The van der Waals surface area contributed by atoms with E-state index in [0.717, 1.165) is 29.4 Å². The second-order valence-electron chi connectivity index (χ2n) is 5.50. The number of nitriles is 1. The molecule has 0 atom stereocenters. The van der Waals surface area contributed by atoms with Crippen LogP contribution < -0.4 is 4.90 Å². The Hall–Kier alpha value is -2.12. The van der Waals surface area contributed by atoms with E-state index in [4.69, 9.17) is 0 Å². The van der Waals surface area contributed by atoms with Gasteiger partial charge in [-0.05, 0) is 18.9 Å². The standard InChI is InChI=1S/C17H19N3O/c18-11-13-12-19-16-8-4-3-7-15(16)17(13)20(9-10-21)14-5-1-2-6-14/h3-4,7-8,12,14,21H,1-2,5-6,9-10H2. The van der Waals surface area contributed by atoms with Gasteiger partial charge in [0.1, 0.15) is 6.07 Å². The minimum absolute atomic E-state index is 0.0953. The lowest BCUT2D eigenvalue weighted by molar-refractivity contribution is 0.297. The van der Waals surface area contributed by atoms with Crippen LogP contribution in [-0.4, -0.2) is 29.3 Å². The third-order valence-electron chi connectivity index (χ3n) is 4.26. The number of benzene rings is 1. The van der Waals surface area contributed by atoms with E-state index in [-0.39, 0.29) is 6.61 Å². The Kier molecular flexibility index (Phi) is 4.03. The van der Waals surface area contributed by atoms with Crippen LogP contribution in [0.15, 0.2) is 30.5 Å². The molecule has 0 aliphatic heterocycles. The van der Waals surface area contributed by atoms with Gasteiger partial charge in [-0.15, -0.1) is 0 Å². The van der Waals surface area contributed by atoms with Crippen LogP contribution in [0, 0.1) is 11.3 Å². The minimum atomic E-state index is 0.0953. The Bertz CT molecular complexity index is 671. The number of aliphatic hydroxyl groups is 1. The molecule has 0 unspecified atom stereocenters. The molecule has 0 bridgehead atoms. The molecule has 108 valence electrons. The number of aromatic nitrogens is 1. The van der Waals surface area contributed by atoms with Crippen molar-refractivity contribution >= 4 is 16.6 Å². The van der Waals surface area contributed by atoms with Crippen LogP contribution in [0.1, 0.15) is 31.2 Å². The average molecular weight is 281 g/mol. The zero-order valence-electron chi connectivity index (χ0n) is 12.0. The van der Waals surface area contributed by atoms with E-state index in [2.05, 4.69) is 16.0 Å². The first kappa shape index (κ1) is 13.8. The van der Waals surface area contributed by atoms with E-state index in [1.807, 2.05) is 24.3 Å². The maximum absolute atomic E-state index is 9.46. The molecule has 1 aromatic carbocycles. The van der Waals surface area contributed by atoms with Gasteiger partial charge in [-0.25, -0.2) is 0 Å². The second kappa shape index (κ2) is 6.11. The van der Waals surface area contributed by atoms with Crippen molar-refractivity contribution in [2.24, 2.45) is 0 Å². The van der Waals surface area contributed by atoms with Gasteiger partial charge in [-0.1, -0.05) is 31.0 Å². The van der Waals surface area contributed by atoms with Crippen molar-refractivity contribution in [2.45, 2.75) is 31.7 Å². The van der Waals surface area contributed by atoms with Crippen molar-refractivity contribution in [2.75, 3.05) is 18.1 Å². The van der Waals surface area contributed by atoms with Gasteiger partial charge in [0.25, 0.3) is 0 Å². The van der Waals surface area contributed by atoms with Crippen LogP contribution in [0.2, 0.25) is 0 Å². The molecule has 2 aromatic rings. The fourth-order valence-corrected chi connectivity index (χ4v) is 3.32. The van der Waals surface area contributed by atoms with Crippen LogP contribution in [0.25, 0.3) is 10.9 Å². The first-order valence-electron chi connectivity index (χ1n) is 7.50. The molecule has 1 aliphatic carbocycles. The molecule has 1 fully saturated rings. The number of rotatable bonds is 4. The monoisotopic (exact) mass is 281 g/mol. The molecule has 1 heterocycles. The summed E-state index contributed by atoms with van der Waals surface area (Å²) in [5, 5.41) is 19.9. The highest BCUT2D eigenvalue weighted by Crippen LogP contribution is 2.34. The Labute approximate surface area is 124 Å². The number of para-hydroxylation sites is 1. The predicted molar refractivity (Wildman–Crippen MR) is 83.1 cm³/mol. The lowest BCUT2D eigenvalue weighted by Gasteiger charge is -2.32. The van der Waals surface area contributed by atoms with Gasteiger partial charge in [-0.2, -0.15) is 5.26 Å². The third kappa shape index (κ3) is 2.57. The Morgan fingerprint density at radius 1 is 1.29 bits per heavy atom. The van der Waals surface area contributed by atoms with E-state index in [0.29, 0.717) is 18.2 Å². The summed E-state index contributed by atoms with van der Waals surface area (Å²) in [5.74, 6) is 0. The summed E-state index contributed by atoms with van der Waals surface area (Å²) in [6.07, 6.45) is 6.34. The van der Waals surface area contributed by atoms with Gasteiger partial charge in [-0.3, -0.25) is 4.98 Å². The molecule has 0 radical (unpaired) electrons. The van der Waals surface area contributed by atoms with Crippen LogP contribution >= 0.6 is 0 Å². The molecule has 0 saturated heterocycles. The lowest BCUT2D eigenvalue weighted by atomic mass is 10.1. The van der Waals surface area contributed by atoms with Crippen molar-refractivity contribution in [3.63, 3.8) is 0 Å². The zero-order valence-corrected chi connectivity index (χ0v) is 12.0. The van der Waals surface area contributed by atoms with Crippen molar-refractivity contribution in [1.29, 1.82) is 5.26 Å². The maximum atomic E-state index is 9.46. The number of hydrogen-bond donors (Lipinski definition) is 1. The Balaban J connectivity index is 2.17. The van der Waals surface area contributed by atoms with Gasteiger partial charge in [0, 0.05) is 24.2 Å². The summed E-state index contributed by atoms with van der Waals surface area (Å²) in [7, 11) is 0. The third-order valence-corrected chi connectivity index (χ3v) is 4.26. The normalized spacial score (nSPS) is 15.2. The first-order chi connectivity index (χ1) is 10.3. The number of anilines is 1. The van der Waals surface area contributed by atoms with Crippen LogP contribution in [0.4, 0.5) is 5.69 Å². The summed E-state index contributed by atoms with van der Waals surface area (Å²) < 4.78 is 0. The second-order valence-corrected chi connectivity index (χ2v) is 5.50. The maximum Gasteiger partial charge on any atom is 0.103 e. The van der Waals surface area contributed by atoms with Gasteiger partial charge in [0.05, 0.1) is 23.4 Å². The molecule has 3 rings (SSSR count). The summed E-state index contributed by atoms with van der Waals surface area (Å²) in [5.41, 5.74) is 2.42. The molecule has 0 spiro atoms. The van der Waals surface area contributed by atoms with E-state index in [1.165, 1.54) is 12.8 Å². The molecule has 1 aromatic heterocycles. The fourth-order valence-electron chi connectivity index (χ4n) is 3.32. The smallest absolute Gasteiger partial charge is 0.103 e. The van der Waals surface area contributed by atoms with Crippen LogP contribution in [-0.2, 0) is 0 Å². The molecule has 4 heteroatoms. The van der Waals surface area contributed by atoms with Crippen molar-refractivity contribution in [1.82, 2.24) is 4.98 Å². The molecule has 0 amide bonds. The van der Waals surface area contributed by atoms with Gasteiger partial charge in [0.15, 0.2) is 0 Å². The molecular weight excluding hydrogens is 262 g/mol. The minimum Gasteiger partial charge on any atom is -0.395 e. The average Bonchev–Trinajstić information content (AvgIpc) is 3.06. The molecule has 1 N–H and O–H groups in total. The molecule has 21 heavy (non-hydrogen) atoms. The van der Waals surface area contributed by atoms with Gasteiger partial charge in [0.2, 0.25) is 0 Å². The molecule has 1 saturated carbocycles. The number of aliphatic hydroxyl groups excluding tert-OH is 1. The molecular formula is C17H19N3O. The van der Waals surface area contributed by atoms with E-state index >= 15 is 0 Å². The SMILES string of the molecule is N#Cc1cnc2ccccc2c1N(CCO)C1CCCC1. The molecule has 1 aliphatic rings. The summed E-state index contributed by atoms with van der Waals surface area (Å²) in [4.78, 5) is 6.59. The van der Waals surface area contributed by atoms with Crippen molar-refractivity contribution in [3.05, 3.63) is 36.0 Å². The molecule has 4 nitrogen and oxygen atoms in total. The first-order valence-corrected chi connectivity index (χ1v) is 7.50. The summed E-state index contributed by atoms with van der Waals surface area (Å²) in [6.45, 7) is 0.658. The van der Waals surface area contributed by atoms with Crippen molar-refractivity contribution in [3.8, 4) is 6.07 Å². The fraction of sp³-hybridized carbons (Fsp3) is 0.412. The summed E-state index contributed by atoms with van der Waals surface area (Å²) in [6, 6.07) is 10.6. The highest BCUT2D eigenvalue weighted by Gasteiger charge is 2.26. The van der Waals surface area contributed by atoms with E-state index in [9.17, 15) is 10.4 Å². The quantitative estimate of drug-likeness (QED) is 0.936. The summed E-state index contributed by atoms with van der Waals surface area (Å²) >= 11 is 0. The van der Waals surface area contributed by atoms with E-state index < -0.39 is 0 Å². The van der Waals surface area contributed by atoms with E-state index in [1.54, 1.807) is 6.20 Å². The highest BCUT2D eigenvalue weighted by atomic mass is 16.3. The number of fused-ring (bicyclic) bond motifs is 1. The van der Waals surface area contributed by atoms with Crippen LogP contribution in [0.3, 0.4) is 0 Å². The Morgan fingerprint density at radius 3 is 2.76 bits per heavy atom. The zero-order chi connectivity index (χ0) is 14.7. The largest absolute Gasteiger partial charge is 0.395 e. The van der Waals surface area contributed by atoms with Crippen LogP contribution in [0.5, 0.6) is 0 Å². The van der Waals surface area contributed by atoms with Gasteiger partial charge < -0.3 is 10.0 Å². The Morgan fingerprint density at radius 2 is 2.05 bits per heavy atom. The van der Waals surface area contributed by atoms with Crippen molar-refractivity contribution < 1.29 is 5.11 Å².